The van der Waals surface area contributed by atoms with Crippen LogP contribution in [0, 0.1) is 0 Å². The molecule has 0 radical (unpaired) electrons. The number of primary amides is 1. The van der Waals surface area contributed by atoms with Gasteiger partial charge >= 0.3 is 5.97 Å². The van der Waals surface area contributed by atoms with Crippen LogP contribution in [-0.4, -0.2) is 17.0 Å². The Hall–Kier alpha value is -3.02. The number of ether oxygens (including phenoxy) is 1. The molecule has 0 fully saturated rings. The molecule has 0 saturated carbocycles. The van der Waals surface area contributed by atoms with Crippen molar-refractivity contribution in [1.29, 1.82) is 0 Å². The van der Waals surface area contributed by atoms with Crippen molar-refractivity contribution in [2.75, 3.05) is 5.73 Å². The zero-order valence-corrected chi connectivity index (χ0v) is 10.4. The summed E-state index contributed by atoms with van der Waals surface area (Å²) in [6.07, 6.45) is 0. The van der Waals surface area contributed by atoms with Gasteiger partial charge in [-0.25, -0.2) is 4.79 Å². The van der Waals surface area contributed by atoms with Crippen LogP contribution in [0.15, 0.2) is 42.5 Å². The van der Waals surface area contributed by atoms with Crippen LogP contribution in [0.2, 0.25) is 0 Å². The summed E-state index contributed by atoms with van der Waals surface area (Å²) in [4.78, 5) is 22.1. The molecule has 5 N–H and O–H groups in total. The lowest BCUT2D eigenvalue weighted by Crippen LogP contribution is -2.10. The summed E-state index contributed by atoms with van der Waals surface area (Å²) < 4.78 is 5.48. The molecule has 2 aromatic rings. The average Bonchev–Trinajstić information content (AvgIpc) is 2.41. The van der Waals surface area contributed by atoms with Crippen molar-refractivity contribution in [3.05, 3.63) is 53.6 Å². The number of nitrogens with two attached hydrogens (primary N) is 2. The number of carboxylic acid groups (broad SMARTS) is 1. The first-order valence-electron chi connectivity index (χ1n) is 5.68. The standard InChI is InChI=1S/C14H12N2O4/c15-11-3-1-2-10(14(18)19)12(11)20-9-6-4-8(5-7-9)13(16)17/h1-7H,15H2,(H2,16,17)(H,18,19). The Bertz CT molecular complexity index is 665. The van der Waals surface area contributed by atoms with Gasteiger partial charge in [0.25, 0.3) is 0 Å². The van der Waals surface area contributed by atoms with Crippen molar-refractivity contribution in [1.82, 2.24) is 0 Å². The summed E-state index contributed by atoms with van der Waals surface area (Å²) in [5, 5.41) is 9.09. The van der Waals surface area contributed by atoms with Gasteiger partial charge in [0.05, 0.1) is 5.69 Å². The summed E-state index contributed by atoms with van der Waals surface area (Å²) in [6, 6.07) is 10.5. The highest BCUT2D eigenvalue weighted by Gasteiger charge is 2.14. The topological polar surface area (TPSA) is 116 Å². The first kappa shape index (κ1) is 13.4. The second-order valence-corrected chi connectivity index (χ2v) is 4.02. The second kappa shape index (κ2) is 5.31. The minimum atomic E-state index is -1.14. The van der Waals surface area contributed by atoms with Crippen LogP contribution in [0.1, 0.15) is 20.7 Å². The van der Waals surface area contributed by atoms with Gasteiger partial charge in [-0.15, -0.1) is 0 Å². The van der Waals surface area contributed by atoms with Gasteiger partial charge in [0, 0.05) is 5.56 Å². The normalized spacial score (nSPS) is 10.0. The summed E-state index contributed by atoms with van der Waals surface area (Å²) >= 11 is 0. The molecule has 0 saturated heterocycles. The molecule has 2 aromatic carbocycles. The highest BCUT2D eigenvalue weighted by Crippen LogP contribution is 2.31. The van der Waals surface area contributed by atoms with E-state index in [-0.39, 0.29) is 17.0 Å². The maximum absolute atomic E-state index is 11.1. The van der Waals surface area contributed by atoms with E-state index >= 15 is 0 Å². The summed E-state index contributed by atoms with van der Waals surface area (Å²) in [5.74, 6) is -1.27. The number of aromatic carboxylic acids is 1. The number of nitrogen functional groups attached to an aromatic ring is 1. The third-order valence-electron chi connectivity index (χ3n) is 2.63. The number of rotatable bonds is 4. The lowest BCUT2D eigenvalue weighted by atomic mass is 10.1. The van der Waals surface area contributed by atoms with Crippen LogP contribution in [0.3, 0.4) is 0 Å². The first-order valence-corrected chi connectivity index (χ1v) is 5.68. The average molecular weight is 272 g/mol. The van der Waals surface area contributed by atoms with Crippen molar-refractivity contribution in [2.45, 2.75) is 0 Å². The van der Waals surface area contributed by atoms with Gasteiger partial charge in [0.1, 0.15) is 11.3 Å². The number of carbonyl (C=O) groups is 2. The van der Waals surface area contributed by atoms with E-state index in [1.807, 2.05) is 0 Å². The molecule has 2 rings (SSSR count). The number of benzene rings is 2. The quantitative estimate of drug-likeness (QED) is 0.734. The van der Waals surface area contributed by atoms with E-state index in [1.165, 1.54) is 36.4 Å². The van der Waals surface area contributed by atoms with Crippen LogP contribution in [0.25, 0.3) is 0 Å². The molecule has 6 heteroatoms. The Kier molecular flexibility index (Phi) is 3.56. The van der Waals surface area contributed by atoms with Crippen molar-refractivity contribution < 1.29 is 19.4 Å². The fourth-order valence-corrected chi connectivity index (χ4v) is 1.64. The van der Waals surface area contributed by atoms with E-state index < -0.39 is 11.9 Å². The summed E-state index contributed by atoms with van der Waals surface area (Å²) in [6.45, 7) is 0. The third-order valence-corrected chi connectivity index (χ3v) is 2.63. The van der Waals surface area contributed by atoms with E-state index in [0.29, 0.717) is 11.3 Å². The number of hydrogen-bond donors (Lipinski definition) is 3. The van der Waals surface area contributed by atoms with Crippen molar-refractivity contribution in [3.8, 4) is 11.5 Å². The van der Waals surface area contributed by atoms with E-state index in [2.05, 4.69) is 0 Å². The third kappa shape index (κ3) is 2.69. The van der Waals surface area contributed by atoms with Gasteiger partial charge < -0.3 is 21.3 Å². The van der Waals surface area contributed by atoms with E-state index in [0.717, 1.165) is 0 Å². The fraction of sp³-hybridized carbons (Fsp3) is 0. The molecule has 1 amide bonds. The first-order chi connectivity index (χ1) is 9.49. The van der Waals surface area contributed by atoms with E-state index in [4.69, 9.17) is 21.3 Å². The lowest BCUT2D eigenvalue weighted by molar-refractivity contribution is 0.0694. The van der Waals surface area contributed by atoms with E-state index in [1.54, 1.807) is 6.07 Å². The largest absolute Gasteiger partial charge is 0.478 e. The molecule has 0 atom stereocenters. The van der Waals surface area contributed by atoms with Gasteiger partial charge in [0.2, 0.25) is 5.91 Å². The number of carboxylic acids is 1. The maximum atomic E-state index is 11.1. The Labute approximate surface area is 114 Å². The van der Waals surface area contributed by atoms with E-state index in [9.17, 15) is 9.59 Å². The van der Waals surface area contributed by atoms with Gasteiger partial charge in [-0.05, 0) is 36.4 Å². The smallest absolute Gasteiger partial charge is 0.339 e. The minimum Gasteiger partial charge on any atom is -0.478 e. The number of para-hydroxylation sites is 1. The number of amides is 1. The maximum Gasteiger partial charge on any atom is 0.339 e. The molecule has 0 aliphatic rings. The highest BCUT2D eigenvalue weighted by molar-refractivity contribution is 5.94. The van der Waals surface area contributed by atoms with Crippen LogP contribution in [0.5, 0.6) is 11.5 Å². The van der Waals surface area contributed by atoms with Crippen LogP contribution >= 0.6 is 0 Å². The molecule has 6 nitrogen and oxygen atoms in total. The van der Waals surface area contributed by atoms with Crippen molar-refractivity contribution >= 4 is 17.6 Å². The van der Waals surface area contributed by atoms with Gasteiger partial charge in [-0.2, -0.15) is 0 Å². The van der Waals surface area contributed by atoms with Crippen molar-refractivity contribution in [3.63, 3.8) is 0 Å². The molecular formula is C14H12N2O4. The number of carbonyl (C=O) groups excluding carboxylic acids is 1. The number of anilines is 1. The second-order valence-electron chi connectivity index (χ2n) is 4.02. The molecule has 20 heavy (non-hydrogen) atoms. The van der Waals surface area contributed by atoms with Gasteiger partial charge in [-0.3, -0.25) is 4.79 Å². The zero-order valence-electron chi connectivity index (χ0n) is 10.4. The molecule has 0 aromatic heterocycles. The molecule has 0 heterocycles. The summed E-state index contributed by atoms with van der Waals surface area (Å²) in [5.41, 5.74) is 11.4. The van der Waals surface area contributed by atoms with Gasteiger partial charge in [0.15, 0.2) is 5.75 Å². The Balaban J connectivity index is 2.34. The molecule has 102 valence electrons. The molecule has 0 spiro atoms. The van der Waals surface area contributed by atoms with Crippen LogP contribution in [0.4, 0.5) is 5.69 Å². The Morgan fingerprint density at radius 2 is 1.70 bits per heavy atom. The molecule has 0 aliphatic carbocycles. The molecule has 0 unspecified atom stereocenters. The highest BCUT2D eigenvalue weighted by atomic mass is 16.5. The lowest BCUT2D eigenvalue weighted by Gasteiger charge is -2.11. The number of hydrogen-bond acceptors (Lipinski definition) is 4. The Morgan fingerprint density at radius 1 is 1.05 bits per heavy atom. The predicted molar refractivity (Wildman–Crippen MR) is 72.8 cm³/mol. The Morgan fingerprint density at radius 3 is 2.25 bits per heavy atom. The minimum absolute atomic E-state index is 0.0380. The predicted octanol–water partition coefficient (Wildman–Crippen LogP) is 1.86. The fourth-order valence-electron chi connectivity index (χ4n) is 1.64. The molecule has 0 aliphatic heterocycles. The zero-order chi connectivity index (χ0) is 14.7. The monoisotopic (exact) mass is 272 g/mol. The SMILES string of the molecule is NC(=O)c1ccc(Oc2c(N)cccc2C(=O)O)cc1. The molecule has 0 bridgehead atoms. The molecular weight excluding hydrogens is 260 g/mol. The summed E-state index contributed by atoms with van der Waals surface area (Å²) in [7, 11) is 0. The van der Waals surface area contributed by atoms with Crippen LogP contribution < -0.4 is 16.2 Å². The van der Waals surface area contributed by atoms with Gasteiger partial charge in [-0.1, -0.05) is 6.07 Å². The van der Waals surface area contributed by atoms with Crippen molar-refractivity contribution in [2.24, 2.45) is 5.73 Å². The van der Waals surface area contributed by atoms with Crippen LogP contribution in [-0.2, 0) is 0 Å².